The maximum Gasteiger partial charge on any atom is 0.319 e. The SMILES string of the molecule is CCOC(=O)C1(c2nnc(C)n2C(C)C)CCC1. The minimum absolute atomic E-state index is 0.148. The van der Waals surface area contributed by atoms with E-state index < -0.39 is 5.41 Å². The Balaban J connectivity index is 2.42. The highest BCUT2D eigenvalue weighted by Crippen LogP contribution is 2.44. The Morgan fingerprint density at radius 2 is 2.11 bits per heavy atom. The van der Waals surface area contributed by atoms with Gasteiger partial charge in [-0.25, -0.2) is 0 Å². The van der Waals surface area contributed by atoms with Gasteiger partial charge in [-0.05, 0) is 40.5 Å². The van der Waals surface area contributed by atoms with Gasteiger partial charge >= 0.3 is 5.97 Å². The first-order valence-electron chi connectivity index (χ1n) is 6.62. The van der Waals surface area contributed by atoms with Crippen LogP contribution in [0.2, 0.25) is 0 Å². The predicted octanol–water partition coefficient (Wildman–Crippen LogP) is 2.15. The first-order chi connectivity index (χ1) is 8.53. The lowest BCUT2D eigenvalue weighted by Gasteiger charge is -2.38. The van der Waals surface area contributed by atoms with Crippen molar-refractivity contribution >= 4 is 5.97 Å². The standard InChI is InChI=1S/C13H21N3O2/c1-5-18-12(17)13(7-6-8-13)11-15-14-10(4)16(11)9(2)3/h9H,5-8H2,1-4H3. The van der Waals surface area contributed by atoms with Gasteiger partial charge in [-0.3, -0.25) is 4.79 Å². The van der Waals surface area contributed by atoms with Crippen LogP contribution < -0.4 is 0 Å². The van der Waals surface area contributed by atoms with Gasteiger partial charge in [0.1, 0.15) is 11.2 Å². The molecule has 2 rings (SSSR count). The van der Waals surface area contributed by atoms with Crippen molar-refractivity contribution in [2.45, 2.75) is 58.4 Å². The van der Waals surface area contributed by atoms with Gasteiger partial charge in [0, 0.05) is 6.04 Å². The summed E-state index contributed by atoms with van der Waals surface area (Å²) in [6, 6.07) is 0.252. The Hall–Kier alpha value is -1.39. The number of hydrogen-bond donors (Lipinski definition) is 0. The van der Waals surface area contributed by atoms with E-state index in [1.54, 1.807) is 0 Å². The van der Waals surface area contributed by atoms with Crippen LogP contribution in [-0.4, -0.2) is 27.3 Å². The quantitative estimate of drug-likeness (QED) is 0.769. The van der Waals surface area contributed by atoms with Crippen molar-refractivity contribution in [3.05, 3.63) is 11.6 Å². The number of ether oxygens (including phenoxy) is 1. The Morgan fingerprint density at radius 1 is 1.44 bits per heavy atom. The molecule has 0 saturated heterocycles. The van der Waals surface area contributed by atoms with Crippen molar-refractivity contribution < 1.29 is 9.53 Å². The van der Waals surface area contributed by atoms with Crippen molar-refractivity contribution in [1.29, 1.82) is 0 Å². The molecule has 1 aromatic rings. The van der Waals surface area contributed by atoms with Gasteiger partial charge in [0.15, 0.2) is 5.82 Å². The van der Waals surface area contributed by atoms with Gasteiger partial charge in [-0.1, -0.05) is 6.42 Å². The van der Waals surface area contributed by atoms with Gasteiger partial charge in [0.05, 0.1) is 6.61 Å². The number of carbonyl (C=O) groups excluding carboxylic acids is 1. The van der Waals surface area contributed by atoms with E-state index in [9.17, 15) is 4.79 Å². The molecular weight excluding hydrogens is 230 g/mol. The van der Waals surface area contributed by atoms with Crippen molar-refractivity contribution in [1.82, 2.24) is 14.8 Å². The molecule has 0 N–H and O–H groups in total. The molecule has 0 bridgehead atoms. The zero-order valence-electron chi connectivity index (χ0n) is 11.6. The molecule has 5 heteroatoms. The van der Waals surface area contributed by atoms with Crippen LogP contribution in [0.1, 0.15) is 57.7 Å². The summed E-state index contributed by atoms with van der Waals surface area (Å²) in [7, 11) is 0. The average molecular weight is 251 g/mol. The first kappa shape index (κ1) is 13.1. The molecule has 1 heterocycles. The van der Waals surface area contributed by atoms with Crippen LogP contribution >= 0.6 is 0 Å². The molecule has 0 aliphatic heterocycles. The zero-order chi connectivity index (χ0) is 13.3. The number of aromatic nitrogens is 3. The molecule has 1 aromatic heterocycles. The summed E-state index contributed by atoms with van der Waals surface area (Å²) in [6.07, 6.45) is 2.68. The molecule has 0 aromatic carbocycles. The lowest BCUT2D eigenvalue weighted by atomic mass is 9.68. The van der Waals surface area contributed by atoms with E-state index in [1.807, 2.05) is 13.8 Å². The molecule has 1 aliphatic rings. The summed E-state index contributed by atoms with van der Waals surface area (Å²) < 4.78 is 7.28. The predicted molar refractivity (Wildman–Crippen MR) is 67.3 cm³/mol. The highest BCUT2D eigenvalue weighted by molar-refractivity contribution is 5.83. The van der Waals surface area contributed by atoms with Crippen LogP contribution in [0.5, 0.6) is 0 Å². The fourth-order valence-corrected chi connectivity index (χ4v) is 2.63. The highest BCUT2D eigenvalue weighted by atomic mass is 16.5. The van der Waals surface area contributed by atoms with E-state index in [2.05, 4.69) is 28.6 Å². The van der Waals surface area contributed by atoms with Gasteiger partial charge < -0.3 is 9.30 Å². The Morgan fingerprint density at radius 3 is 2.56 bits per heavy atom. The monoisotopic (exact) mass is 251 g/mol. The molecule has 1 aliphatic carbocycles. The second kappa shape index (κ2) is 4.71. The molecule has 1 saturated carbocycles. The molecule has 0 unspecified atom stereocenters. The summed E-state index contributed by atoms with van der Waals surface area (Å²) in [6.45, 7) is 8.33. The van der Waals surface area contributed by atoms with Gasteiger partial charge in [0.25, 0.3) is 0 Å². The second-order valence-electron chi connectivity index (χ2n) is 5.19. The van der Waals surface area contributed by atoms with E-state index in [0.29, 0.717) is 6.61 Å². The third-order valence-electron chi connectivity index (χ3n) is 3.68. The zero-order valence-corrected chi connectivity index (χ0v) is 11.6. The average Bonchev–Trinajstić information content (AvgIpc) is 2.59. The molecule has 0 spiro atoms. The Labute approximate surface area is 108 Å². The Kier molecular flexibility index (Phi) is 3.41. The van der Waals surface area contributed by atoms with E-state index in [4.69, 9.17) is 4.74 Å². The summed E-state index contributed by atoms with van der Waals surface area (Å²) in [4.78, 5) is 12.2. The van der Waals surface area contributed by atoms with Crippen molar-refractivity contribution in [2.24, 2.45) is 0 Å². The third-order valence-corrected chi connectivity index (χ3v) is 3.68. The van der Waals surface area contributed by atoms with E-state index in [0.717, 1.165) is 30.9 Å². The molecule has 18 heavy (non-hydrogen) atoms. The molecule has 5 nitrogen and oxygen atoms in total. The lowest BCUT2D eigenvalue weighted by Crippen LogP contribution is -2.46. The summed E-state index contributed by atoms with van der Waals surface area (Å²) in [5.74, 6) is 1.49. The van der Waals surface area contributed by atoms with Gasteiger partial charge in [0.2, 0.25) is 0 Å². The molecular formula is C13H21N3O2. The number of rotatable bonds is 4. The minimum atomic E-state index is -0.554. The fraction of sp³-hybridized carbons (Fsp3) is 0.769. The lowest BCUT2D eigenvalue weighted by molar-refractivity contribution is -0.154. The summed E-state index contributed by atoms with van der Waals surface area (Å²) in [5, 5.41) is 8.38. The topological polar surface area (TPSA) is 57.0 Å². The van der Waals surface area contributed by atoms with E-state index in [1.165, 1.54) is 0 Å². The normalized spacial score (nSPS) is 17.6. The largest absolute Gasteiger partial charge is 0.465 e. The van der Waals surface area contributed by atoms with Crippen LogP contribution in [0.3, 0.4) is 0 Å². The number of hydrogen-bond acceptors (Lipinski definition) is 4. The minimum Gasteiger partial charge on any atom is -0.465 e. The van der Waals surface area contributed by atoms with Gasteiger partial charge in [-0.15, -0.1) is 10.2 Å². The molecule has 0 radical (unpaired) electrons. The highest BCUT2D eigenvalue weighted by Gasteiger charge is 2.51. The van der Waals surface area contributed by atoms with Gasteiger partial charge in [-0.2, -0.15) is 0 Å². The number of esters is 1. The van der Waals surface area contributed by atoms with E-state index in [-0.39, 0.29) is 12.0 Å². The molecule has 100 valence electrons. The van der Waals surface area contributed by atoms with Crippen LogP contribution in [0, 0.1) is 6.92 Å². The maximum atomic E-state index is 12.2. The van der Waals surface area contributed by atoms with Crippen LogP contribution in [-0.2, 0) is 14.9 Å². The van der Waals surface area contributed by atoms with Crippen LogP contribution in [0.15, 0.2) is 0 Å². The fourth-order valence-electron chi connectivity index (χ4n) is 2.63. The van der Waals surface area contributed by atoms with Crippen molar-refractivity contribution in [2.75, 3.05) is 6.61 Å². The molecule has 0 atom stereocenters. The molecule has 0 amide bonds. The maximum absolute atomic E-state index is 12.2. The van der Waals surface area contributed by atoms with Crippen LogP contribution in [0.25, 0.3) is 0 Å². The van der Waals surface area contributed by atoms with Crippen LogP contribution in [0.4, 0.5) is 0 Å². The first-order valence-corrected chi connectivity index (χ1v) is 6.62. The molecule has 1 fully saturated rings. The number of nitrogens with zero attached hydrogens (tertiary/aromatic N) is 3. The number of carbonyl (C=O) groups is 1. The smallest absolute Gasteiger partial charge is 0.319 e. The number of aryl methyl sites for hydroxylation is 1. The van der Waals surface area contributed by atoms with Crippen molar-refractivity contribution in [3.8, 4) is 0 Å². The second-order valence-corrected chi connectivity index (χ2v) is 5.19. The van der Waals surface area contributed by atoms with E-state index >= 15 is 0 Å². The Bertz CT molecular complexity index is 447. The third kappa shape index (κ3) is 1.82. The van der Waals surface area contributed by atoms with Crippen molar-refractivity contribution in [3.63, 3.8) is 0 Å². The summed E-state index contributed by atoms with van der Waals surface area (Å²) >= 11 is 0. The summed E-state index contributed by atoms with van der Waals surface area (Å²) in [5.41, 5.74) is -0.554.